The summed E-state index contributed by atoms with van der Waals surface area (Å²) in [6, 6.07) is 0. The van der Waals surface area contributed by atoms with Crippen LogP contribution in [0.1, 0.15) is 21.9 Å². The summed E-state index contributed by atoms with van der Waals surface area (Å²) >= 11 is 0. The van der Waals surface area contributed by atoms with Crippen LogP contribution in [0, 0.1) is 13.8 Å². The summed E-state index contributed by atoms with van der Waals surface area (Å²) in [5.41, 5.74) is 4.51. The van der Waals surface area contributed by atoms with Crippen LogP contribution in [0.3, 0.4) is 0 Å². The van der Waals surface area contributed by atoms with Gasteiger partial charge in [0, 0.05) is 0 Å². The van der Waals surface area contributed by atoms with Crippen LogP contribution < -0.4 is 10.5 Å². The highest BCUT2D eigenvalue weighted by Crippen LogP contribution is 2.27. The van der Waals surface area contributed by atoms with Crippen LogP contribution in [-0.4, -0.2) is 40.5 Å². The molecule has 0 aliphatic carbocycles. The van der Waals surface area contributed by atoms with Crippen molar-refractivity contribution < 1.29 is 31.1 Å². The molecular formula is C11H17ClF2N2O5S. The Morgan fingerprint density at radius 3 is 2.36 bits per heavy atom. The normalized spacial score (nSPS) is 11.9. The van der Waals surface area contributed by atoms with Crippen LogP contribution in [0.2, 0.25) is 0 Å². The number of esters is 1. The van der Waals surface area contributed by atoms with Gasteiger partial charge in [-0.2, -0.15) is 0 Å². The summed E-state index contributed by atoms with van der Waals surface area (Å²) in [4.78, 5) is 11.1. The van der Waals surface area contributed by atoms with Crippen molar-refractivity contribution in [3.63, 3.8) is 0 Å². The van der Waals surface area contributed by atoms with E-state index in [0.717, 1.165) is 7.11 Å². The quantitative estimate of drug-likeness (QED) is 0.729. The molecule has 22 heavy (non-hydrogen) atoms. The van der Waals surface area contributed by atoms with E-state index >= 15 is 0 Å². The van der Waals surface area contributed by atoms with Gasteiger partial charge in [0.25, 0.3) is 5.92 Å². The van der Waals surface area contributed by atoms with Gasteiger partial charge in [0.15, 0.2) is 0 Å². The van der Waals surface area contributed by atoms with Crippen LogP contribution in [0.15, 0.2) is 9.31 Å². The van der Waals surface area contributed by atoms with Gasteiger partial charge in [-0.25, -0.2) is 26.7 Å². The molecule has 3 N–H and O–H groups in total. The van der Waals surface area contributed by atoms with E-state index in [1.807, 2.05) is 0 Å². The third-order valence-electron chi connectivity index (χ3n) is 2.68. The van der Waals surface area contributed by atoms with Crippen molar-refractivity contribution in [1.82, 2.24) is 4.72 Å². The Morgan fingerprint density at radius 1 is 1.36 bits per heavy atom. The van der Waals surface area contributed by atoms with Crippen molar-refractivity contribution in [2.75, 3.05) is 20.2 Å². The van der Waals surface area contributed by atoms with Gasteiger partial charge in [-0.15, -0.1) is 12.4 Å². The van der Waals surface area contributed by atoms with E-state index in [9.17, 15) is 22.0 Å². The maximum Gasteiger partial charge on any atom is 0.342 e. The van der Waals surface area contributed by atoms with Crippen LogP contribution in [-0.2, 0) is 14.8 Å². The molecule has 0 aromatic carbocycles. The zero-order valence-electron chi connectivity index (χ0n) is 12.1. The Bertz CT molecular complexity index is 645. The number of carbonyl (C=O) groups excluding carboxylic acids is 1. The maximum absolute atomic E-state index is 13.1. The van der Waals surface area contributed by atoms with Gasteiger partial charge in [-0.1, -0.05) is 0 Å². The largest absolute Gasteiger partial charge is 0.465 e. The number of sulfonamides is 1. The monoisotopic (exact) mass is 362 g/mol. The molecule has 7 nitrogen and oxygen atoms in total. The van der Waals surface area contributed by atoms with E-state index in [1.54, 1.807) is 4.72 Å². The lowest BCUT2D eigenvalue weighted by atomic mass is 10.2. The second-order valence-electron chi connectivity index (χ2n) is 4.29. The molecule has 0 bridgehead atoms. The number of methoxy groups -OCH3 is 1. The first-order valence-electron chi connectivity index (χ1n) is 5.81. The number of halogens is 3. The van der Waals surface area contributed by atoms with Crippen LogP contribution in [0.25, 0.3) is 0 Å². The number of alkyl halides is 2. The fraction of sp³-hybridized carbons (Fsp3) is 0.545. The Kier molecular flexibility index (Phi) is 6.95. The average Bonchev–Trinajstić information content (AvgIpc) is 2.71. The lowest BCUT2D eigenvalue weighted by Crippen LogP contribution is -2.41. The number of nitrogens with two attached hydrogens (primary N) is 1. The third kappa shape index (κ3) is 4.38. The fourth-order valence-electron chi connectivity index (χ4n) is 1.67. The first-order valence-corrected chi connectivity index (χ1v) is 7.30. The van der Waals surface area contributed by atoms with E-state index in [4.69, 9.17) is 10.2 Å². The Balaban J connectivity index is 0.00000441. The van der Waals surface area contributed by atoms with Crippen molar-refractivity contribution >= 4 is 28.4 Å². The molecule has 1 heterocycles. The number of carbonyl (C=O) groups is 1. The summed E-state index contributed by atoms with van der Waals surface area (Å²) < 4.78 is 61.6. The number of hydrogen-bond donors (Lipinski definition) is 2. The van der Waals surface area contributed by atoms with Gasteiger partial charge in [0.05, 0.1) is 20.2 Å². The first-order chi connectivity index (χ1) is 9.55. The third-order valence-corrected chi connectivity index (χ3v) is 4.24. The number of ether oxygens (including phenoxy) is 1. The van der Waals surface area contributed by atoms with Crippen molar-refractivity contribution in [3.8, 4) is 0 Å². The molecule has 0 fully saturated rings. The molecule has 0 spiro atoms. The zero-order valence-corrected chi connectivity index (χ0v) is 13.7. The van der Waals surface area contributed by atoms with Gasteiger partial charge in [0.1, 0.15) is 22.0 Å². The molecule has 1 aromatic heterocycles. The summed E-state index contributed by atoms with van der Waals surface area (Å²) in [6.07, 6.45) is 0. The van der Waals surface area contributed by atoms with E-state index in [-0.39, 0.29) is 29.5 Å². The zero-order chi connectivity index (χ0) is 16.4. The topological polar surface area (TPSA) is 112 Å². The minimum atomic E-state index is -4.38. The predicted molar refractivity (Wildman–Crippen MR) is 76.0 cm³/mol. The van der Waals surface area contributed by atoms with Crippen molar-refractivity contribution in [2.45, 2.75) is 24.7 Å². The van der Waals surface area contributed by atoms with E-state index in [0.29, 0.717) is 0 Å². The van der Waals surface area contributed by atoms with E-state index < -0.39 is 39.9 Å². The Morgan fingerprint density at radius 2 is 1.91 bits per heavy atom. The Labute approximate surface area is 132 Å². The van der Waals surface area contributed by atoms with Crippen LogP contribution >= 0.6 is 12.4 Å². The molecule has 0 saturated heterocycles. The smallest absolute Gasteiger partial charge is 0.342 e. The minimum Gasteiger partial charge on any atom is -0.465 e. The summed E-state index contributed by atoms with van der Waals surface area (Å²) in [7, 11) is -3.31. The van der Waals surface area contributed by atoms with Gasteiger partial charge in [-0.3, -0.25) is 0 Å². The molecule has 128 valence electrons. The minimum absolute atomic E-state index is 0. The summed E-state index contributed by atoms with van der Waals surface area (Å²) in [5, 5.41) is 0. The molecule has 11 heteroatoms. The number of hydrogen-bond acceptors (Lipinski definition) is 6. The maximum atomic E-state index is 13.1. The number of rotatable bonds is 6. The van der Waals surface area contributed by atoms with Crippen LogP contribution in [0.4, 0.5) is 8.78 Å². The van der Waals surface area contributed by atoms with Crippen LogP contribution in [0.5, 0.6) is 0 Å². The molecule has 1 aromatic rings. The molecule has 0 aliphatic rings. The highest BCUT2D eigenvalue weighted by Gasteiger charge is 2.34. The number of furan rings is 1. The van der Waals surface area contributed by atoms with Crippen molar-refractivity contribution in [3.05, 3.63) is 17.1 Å². The SMILES string of the molecule is COC(=O)c1c(C)oc(C)c1S(=O)(=O)NCC(F)(F)CN.Cl. The molecule has 0 aliphatic heterocycles. The highest BCUT2D eigenvalue weighted by atomic mass is 35.5. The lowest BCUT2D eigenvalue weighted by Gasteiger charge is -2.14. The standard InChI is InChI=1S/C11H16F2N2O5S.ClH/c1-6-8(10(16)19-3)9(7(2)20-6)21(17,18)15-5-11(12,13)4-14;/h15H,4-5,14H2,1-3H3;1H. The van der Waals surface area contributed by atoms with E-state index in [2.05, 4.69) is 4.74 Å². The Hall–Kier alpha value is -1.23. The molecule has 0 saturated carbocycles. The average molecular weight is 363 g/mol. The van der Waals surface area contributed by atoms with Crippen molar-refractivity contribution in [1.29, 1.82) is 0 Å². The molecule has 0 radical (unpaired) electrons. The van der Waals surface area contributed by atoms with Gasteiger partial charge in [0.2, 0.25) is 10.0 Å². The summed E-state index contributed by atoms with van der Waals surface area (Å²) in [6.45, 7) is 0.473. The molecular weight excluding hydrogens is 346 g/mol. The first kappa shape index (κ1) is 20.8. The lowest BCUT2D eigenvalue weighted by molar-refractivity contribution is 0.0170. The fourth-order valence-corrected chi connectivity index (χ4v) is 3.13. The molecule has 0 unspecified atom stereocenters. The van der Waals surface area contributed by atoms with E-state index in [1.165, 1.54) is 13.8 Å². The second kappa shape index (κ2) is 7.36. The second-order valence-corrected chi connectivity index (χ2v) is 6.00. The van der Waals surface area contributed by atoms with Gasteiger partial charge in [-0.05, 0) is 13.8 Å². The highest BCUT2D eigenvalue weighted by molar-refractivity contribution is 7.89. The van der Waals surface area contributed by atoms with Crippen molar-refractivity contribution in [2.24, 2.45) is 5.73 Å². The number of nitrogens with one attached hydrogen (secondary N) is 1. The van der Waals surface area contributed by atoms with Gasteiger partial charge >= 0.3 is 5.97 Å². The molecule has 0 amide bonds. The van der Waals surface area contributed by atoms with Gasteiger partial charge < -0.3 is 14.9 Å². The number of aryl methyl sites for hydroxylation is 2. The summed E-state index contributed by atoms with van der Waals surface area (Å²) in [5.74, 6) is -4.41. The predicted octanol–water partition coefficient (Wildman–Crippen LogP) is 0.977. The molecule has 0 atom stereocenters. The molecule has 1 rings (SSSR count).